The number of nitrogens with one attached hydrogen (secondary N) is 2. The molecule has 0 bridgehead atoms. The first kappa shape index (κ1) is 16.7. The highest BCUT2D eigenvalue weighted by Crippen LogP contribution is 2.28. The number of H-pyrrole nitrogens is 1. The van der Waals surface area contributed by atoms with Crippen molar-refractivity contribution in [1.82, 2.24) is 15.6 Å². The van der Waals surface area contributed by atoms with E-state index in [0.29, 0.717) is 22.2 Å². The van der Waals surface area contributed by atoms with Crippen molar-refractivity contribution in [2.24, 2.45) is 5.10 Å². The van der Waals surface area contributed by atoms with Crippen LogP contribution >= 0.6 is 11.6 Å². The molecule has 0 aliphatic rings. The molecule has 2 aromatic carbocycles. The fourth-order valence-electron chi connectivity index (χ4n) is 2.21. The van der Waals surface area contributed by atoms with E-state index in [1.807, 2.05) is 24.3 Å². The van der Waals surface area contributed by atoms with Gasteiger partial charge >= 0.3 is 0 Å². The topological polar surface area (TPSA) is 79.4 Å². The van der Waals surface area contributed by atoms with E-state index in [1.54, 1.807) is 37.4 Å². The fraction of sp³-hybridized carbons (Fsp3) is 0.0556. The van der Waals surface area contributed by atoms with Crippen molar-refractivity contribution in [2.45, 2.75) is 0 Å². The zero-order valence-electron chi connectivity index (χ0n) is 13.4. The van der Waals surface area contributed by atoms with Crippen LogP contribution in [0.3, 0.4) is 0 Å². The highest BCUT2D eigenvalue weighted by atomic mass is 35.5. The Bertz CT molecular complexity index is 903. The number of hydrogen-bond donors (Lipinski definition) is 2. The second kappa shape index (κ2) is 7.63. The van der Waals surface area contributed by atoms with Crippen molar-refractivity contribution in [3.8, 4) is 17.0 Å². The number of benzene rings is 2. The molecule has 0 spiro atoms. The lowest BCUT2D eigenvalue weighted by atomic mass is 10.1. The van der Waals surface area contributed by atoms with Crippen LogP contribution in [0, 0.1) is 0 Å². The van der Waals surface area contributed by atoms with Crippen molar-refractivity contribution in [1.29, 1.82) is 0 Å². The van der Waals surface area contributed by atoms with Crippen LogP contribution in [0.5, 0.6) is 5.75 Å². The maximum atomic E-state index is 12.1. The van der Waals surface area contributed by atoms with Crippen LogP contribution in [-0.4, -0.2) is 29.4 Å². The Morgan fingerprint density at radius 2 is 2.00 bits per heavy atom. The van der Waals surface area contributed by atoms with Gasteiger partial charge < -0.3 is 4.74 Å². The molecular formula is C18H15ClN4O2. The molecule has 1 amide bonds. The summed E-state index contributed by atoms with van der Waals surface area (Å²) in [5.41, 5.74) is 4.99. The first-order valence-electron chi connectivity index (χ1n) is 7.45. The van der Waals surface area contributed by atoms with Crippen LogP contribution in [0.2, 0.25) is 5.02 Å². The lowest BCUT2D eigenvalue weighted by molar-refractivity contribution is 0.0950. The Kier molecular flexibility index (Phi) is 5.11. The normalized spacial score (nSPS) is 10.8. The summed E-state index contributed by atoms with van der Waals surface area (Å²) < 4.78 is 5.30. The van der Waals surface area contributed by atoms with Gasteiger partial charge in [0, 0.05) is 10.6 Å². The molecule has 2 N–H and O–H groups in total. The first-order chi connectivity index (χ1) is 12.2. The third-order valence-electron chi connectivity index (χ3n) is 3.46. The largest absolute Gasteiger partial charge is 0.496 e. The fourth-order valence-corrected chi connectivity index (χ4v) is 2.33. The molecule has 0 saturated heterocycles. The van der Waals surface area contributed by atoms with Gasteiger partial charge in [-0.05, 0) is 35.9 Å². The third kappa shape index (κ3) is 4.05. The summed E-state index contributed by atoms with van der Waals surface area (Å²) >= 11 is 5.82. The maximum Gasteiger partial charge on any atom is 0.289 e. The monoisotopic (exact) mass is 354 g/mol. The maximum absolute atomic E-state index is 12.1. The molecule has 126 valence electrons. The molecule has 0 aliphatic heterocycles. The molecule has 3 aromatic rings. The molecule has 0 radical (unpaired) electrons. The van der Waals surface area contributed by atoms with Gasteiger partial charge in [0.05, 0.1) is 19.0 Å². The minimum Gasteiger partial charge on any atom is -0.496 e. The summed E-state index contributed by atoms with van der Waals surface area (Å²) in [5.74, 6) is 0.292. The lowest BCUT2D eigenvalue weighted by Gasteiger charge is -2.04. The van der Waals surface area contributed by atoms with E-state index in [2.05, 4.69) is 20.7 Å². The minimum absolute atomic E-state index is 0.300. The number of nitrogens with zero attached hydrogens (tertiary/aromatic N) is 2. The number of aromatic amines is 1. The van der Waals surface area contributed by atoms with E-state index in [0.717, 1.165) is 11.1 Å². The van der Waals surface area contributed by atoms with Gasteiger partial charge in [-0.2, -0.15) is 10.2 Å². The van der Waals surface area contributed by atoms with Gasteiger partial charge in [0.1, 0.15) is 11.4 Å². The summed E-state index contributed by atoms with van der Waals surface area (Å²) in [6.45, 7) is 0. The van der Waals surface area contributed by atoms with Crippen molar-refractivity contribution >= 4 is 23.7 Å². The Morgan fingerprint density at radius 1 is 1.24 bits per heavy atom. The number of hydrazone groups is 1. The second-order valence-electron chi connectivity index (χ2n) is 5.12. The van der Waals surface area contributed by atoms with Crippen molar-refractivity contribution < 1.29 is 9.53 Å². The molecule has 3 rings (SSSR count). The molecule has 25 heavy (non-hydrogen) atoms. The van der Waals surface area contributed by atoms with E-state index in [-0.39, 0.29) is 5.91 Å². The number of aromatic nitrogens is 2. The quantitative estimate of drug-likeness (QED) is 0.543. The van der Waals surface area contributed by atoms with Gasteiger partial charge in [-0.15, -0.1) is 0 Å². The van der Waals surface area contributed by atoms with E-state index in [9.17, 15) is 4.79 Å². The molecule has 0 aliphatic carbocycles. The molecule has 7 heteroatoms. The number of carbonyl (C=O) groups is 1. The zero-order valence-corrected chi connectivity index (χ0v) is 14.1. The first-order valence-corrected chi connectivity index (χ1v) is 7.83. The number of rotatable bonds is 5. The van der Waals surface area contributed by atoms with Gasteiger partial charge in [-0.1, -0.05) is 35.9 Å². The molecule has 1 heterocycles. The smallest absolute Gasteiger partial charge is 0.289 e. The molecule has 1 aromatic heterocycles. The van der Waals surface area contributed by atoms with Gasteiger partial charge in [0.25, 0.3) is 5.91 Å². The Balaban J connectivity index is 1.69. The standard InChI is InChI=1S/C18H15ClN4O2/c1-25-17-5-3-2-4-14(17)15-10-16(22-21-15)18(24)23-20-11-12-6-8-13(19)9-7-12/h2-11H,1H3,(H,21,22)(H,23,24)/b20-11+. The van der Waals surface area contributed by atoms with Crippen LogP contribution in [0.25, 0.3) is 11.3 Å². The van der Waals surface area contributed by atoms with E-state index >= 15 is 0 Å². The van der Waals surface area contributed by atoms with Gasteiger partial charge in [-0.25, -0.2) is 5.43 Å². The van der Waals surface area contributed by atoms with Gasteiger partial charge in [0.15, 0.2) is 0 Å². The Morgan fingerprint density at radius 3 is 2.76 bits per heavy atom. The van der Waals surface area contributed by atoms with Crippen molar-refractivity contribution in [3.63, 3.8) is 0 Å². The summed E-state index contributed by atoms with van der Waals surface area (Å²) in [5, 5.41) is 11.4. The van der Waals surface area contributed by atoms with Gasteiger partial charge in [-0.3, -0.25) is 9.89 Å². The van der Waals surface area contributed by atoms with Crippen molar-refractivity contribution in [2.75, 3.05) is 7.11 Å². The van der Waals surface area contributed by atoms with Crippen LogP contribution < -0.4 is 10.2 Å². The number of hydrogen-bond acceptors (Lipinski definition) is 4. The van der Waals surface area contributed by atoms with Crippen LogP contribution in [0.4, 0.5) is 0 Å². The second-order valence-corrected chi connectivity index (χ2v) is 5.55. The van der Waals surface area contributed by atoms with Crippen LogP contribution in [-0.2, 0) is 0 Å². The third-order valence-corrected chi connectivity index (χ3v) is 3.71. The van der Waals surface area contributed by atoms with E-state index < -0.39 is 0 Å². The van der Waals surface area contributed by atoms with E-state index in [1.165, 1.54) is 6.21 Å². The van der Waals surface area contributed by atoms with Crippen LogP contribution in [0.15, 0.2) is 59.7 Å². The lowest BCUT2D eigenvalue weighted by Crippen LogP contribution is -2.17. The molecule has 0 atom stereocenters. The molecule has 0 unspecified atom stereocenters. The number of halogens is 1. The Labute approximate surface area is 149 Å². The number of para-hydroxylation sites is 1. The highest BCUT2D eigenvalue weighted by molar-refractivity contribution is 6.30. The minimum atomic E-state index is -0.390. The SMILES string of the molecule is COc1ccccc1-c1cc(C(=O)N/N=C/c2ccc(Cl)cc2)[nH]n1. The molecule has 0 fully saturated rings. The highest BCUT2D eigenvalue weighted by Gasteiger charge is 2.13. The van der Waals surface area contributed by atoms with Crippen LogP contribution in [0.1, 0.15) is 16.1 Å². The Hall–Kier alpha value is -3.12. The van der Waals surface area contributed by atoms with Crippen molar-refractivity contribution in [3.05, 3.63) is 70.9 Å². The number of ether oxygens (including phenoxy) is 1. The van der Waals surface area contributed by atoms with E-state index in [4.69, 9.17) is 16.3 Å². The predicted octanol–water partition coefficient (Wildman–Crippen LogP) is 3.50. The van der Waals surface area contributed by atoms with Gasteiger partial charge in [0.2, 0.25) is 0 Å². The number of amides is 1. The number of methoxy groups -OCH3 is 1. The predicted molar refractivity (Wildman–Crippen MR) is 97.1 cm³/mol. The zero-order chi connectivity index (χ0) is 17.6. The molecule has 6 nitrogen and oxygen atoms in total. The molecule has 0 saturated carbocycles. The average Bonchev–Trinajstić information content (AvgIpc) is 3.13. The summed E-state index contributed by atoms with van der Waals surface area (Å²) in [6.07, 6.45) is 1.53. The summed E-state index contributed by atoms with van der Waals surface area (Å²) in [7, 11) is 1.59. The molecular weight excluding hydrogens is 340 g/mol. The summed E-state index contributed by atoms with van der Waals surface area (Å²) in [4.78, 5) is 12.1. The summed E-state index contributed by atoms with van der Waals surface area (Å²) in [6, 6.07) is 16.2. The average molecular weight is 355 g/mol. The number of carbonyl (C=O) groups excluding carboxylic acids is 1.